The number of anilines is 1. The second-order valence-corrected chi connectivity index (χ2v) is 8.85. The van der Waals surface area contributed by atoms with Crippen molar-refractivity contribution < 1.29 is 17.9 Å². The molecule has 0 spiro atoms. The Morgan fingerprint density at radius 1 is 1.18 bits per heavy atom. The number of ether oxygens (including phenoxy) is 1. The number of sulfonamides is 1. The van der Waals surface area contributed by atoms with E-state index >= 15 is 0 Å². The number of hydrogen-bond donors (Lipinski definition) is 1. The summed E-state index contributed by atoms with van der Waals surface area (Å²) in [5.41, 5.74) is 1.74. The predicted molar refractivity (Wildman–Crippen MR) is 109 cm³/mol. The van der Waals surface area contributed by atoms with Gasteiger partial charge in [0.05, 0.1) is 17.4 Å². The zero-order chi connectivity index (χ0) is 20.1. The summed E-state index contributed by atoms with van der Waals surface area (Å²) < 4.78 is 32.8. The summed E-state index contributed by atoms with van der Waals surface area (Å²) in [4.78, 5) is 12.9. The number of benzene rings is 2. The molecule has 0 bridgehead atoms. The summed E-state index contributed by atoms with van der Waals surface area (Å²) in [7, 11) is -3.64. The highest BCUT2D eigenvalue weighted by atomic mass is 32.2. The topological polar surface area (TPSA) is 75.7 Å². The van der Waals surface area contributed by atoms with E-state index in [1.54, 1.807) is 24.3 Å². The van der Waals surface area contributed by atoms with Gasteiger partial charge in [-0.25, -0.2) is 8.42 Å². The number of carbonyl (C=O) groups is 1. The lowest BCUT2D eigenvalue weighted by Gasteiger charge is -2.31. The average molecular weight is 403 g/mol. The lowest BCUT2D eigenvalue weighted by molar-refractivity contribution is -0.120. The molecule has 1 atom stereocenters. The van der Waals surface area contributed by atoms with E-state index in [4.69, 9.17) is 4.74 Å². The summed E-state index contributed by atoms with van der Waals surface area (Å²) in [6, 6.07) is 14.0. The van der Waals surface area contributed by atoms with Crippen molar-refractivity contribution >= 4 is 21.6 Å². The van der Waals surface area contributed by atoms with Crippen molar-refractivity contribution in [2.75, 3.05) is 25.0 Å². The van der Waals surface area contributed by atoms with E-state index in [1.807, 2.05) is 38.1 Å². The van der Waals surface area contributed by atoms with E-state index in [9.17, 15) is 13.2 Å². The molecule has 150 valence electrons. The van der Waals surface area contributed by atoms with Gasteiger partial charge in [-0.3, -0.25) is 4.79 Å². The number of para-hydroxylation sites is 1. The third-order valence-corrected chi connectivity index (χ3v) is 6.81. The number of nitrogens with zero attached hydrogens (tertiary/aromatic N) is 1. The quantitative estimate of drug-likeness (QED) is 0.803. The van der Waals surface area contributed by atoms with Crippen LogP contribution in [0.3, 0.4) is 0 Å². The third kappa shape index (κ3) is 4.54. The number of piperidine rings is 1. The minimum absolute atomic E-state index is 0.138. The molecule has 3 rings (SSSR count). The number of rotatable bonds is 6. The molecule has 1 heterocycles. The van der Waals surface area contributed by atoms with Crippen molar-refractivity contribution in [1.29, 1.82) is 0 Å². The largest absolute Gasteiger partial charge is 0.494 e. The molecule has 1 aliphatic heterocycles. The van der Waals surface area contributed by atoms with Crippen molar-refractivity contribution in [1.82, 2.24) is 4.31 Å². The van der Waals surface area contributed by atoms with Crippen LogP contribution in [-0.2, 0) is 14.8 Å². The molecule has 1 amide bonds. The number of hydrogen-bond acceptors (Lipinski definition) is 4. The van der Waals surface area contributed by atoms with Gasteiger partial charge in [-0.1, -0.05) is 18.2 Å². The highest BCUT2D eigenvalue weighted by Gasteiger charge is 2.33. The Hall–Kier alpha value is -2.38. The number of aryl methyl sites for hydroxylation is 1. The molecule has 1 N–H and O–H groups in total. The van der Waals surface area contributed by atoms with Gasteiger partial charge < -0.3 is 10.1 Å². The number of nitrogens with one attached hydrogen (secondary N) is 1. The first-order valence-electron chi connectivity index (χ1n) is 9.51. The highest BCUT2D eigenvalue weighted by molar-refractivity contribution is 7.89. The summed E-state index contributed by atoms with van der Waals surface area (Å²) >= 11 is 0. The molecule has 1 saturated heterocycles. The van der Waals surface area contributed by atoms with Gasteiger partial charge in [0, 0.05) is 18.8 Å². The average Bonchev–Trinajstić information content (AvgIpc) is 2.70. The number of amides is 1. The highest BCUT2D eigenvalue weighted by Crippen LogP contribution is 2.26. The molecule has 1 fully saturated rings. The van der Waals surface area contributed by atoms with Crippen LogP contribution in [-0.4, -0.2) is 38.3 Å². The molecule has 0 radical (unpaired) electrons. The van der Waals surface area contributed by atoms with E-state index in [1.165, 1.54) is 4.31 Å². The van der Waals surface area contributed by atoms with E-state index in [0.29, 0.717) is 31.7 Å². The molecule has 2 aromatic carbocycles. The van der Waals surface area contributed by atoms with Crippen LogP contribution < -0.4 is 10.1 Å². The monoisotopic (exact) mass is 402 g/mol. The minimum Gasteiger partial charge on any atom is -0.494 e. The molecule has 2 aromatic rings. The summed E-state index contributed by atoms with van der Waals surface area (Å²) in [6.45, 7) is 4.94. The van der Waals surface area contributed by atoms with Crippen LogP contribution in [0.5, 0.6) is 5.75 Å². The van der Waals surface area contributed by atoms with E-state index in [0.717, 1.165) is 11.3 Å². The van der Waals surface area contributed by atoms with Gasteiger partial charge in [0.1, 0.15) is 5.75 Å². The van der Waals surface area contributed by atoms with Gasteiger partial charge in [0.15, 0.2) is 0 Å². The Bertz CT molecular complexity index is 926. The molecule has 0 aromatic heterocycles. The van der Waals surface area contributed by atoms with Gasteiger partial charge in [-0.15, -0.1) is 0 Å². The summed E-state index contributed by atoms with van der Waals surface area (Å²) in [5.74, 6) is 0.127. The first-order chi connectivity index (χ1) is 13.4. The van der Waals surface area contributed by atoms with Crippen molar-refractivity contribution in [3.63, 3.8) is 0 Å². The van der Waals surface area contributed by atoms with Crippen molar-refractivity contribution in [3.05, 3.63) is 54.1 Å². The van der Waals surface area contributed by atoms with Crippen LogP contribution in [0.15, 0.2) is 53.4 Å². The Kier molecular flexibility index (Phi) is 6.36. The Morgan fingerprint density at radius 3 is 2.57 bits per heavy atom. The number of carbonyl (C=O) groups excluding carboxylic acids is 1. The second-order valence-electron chi connectivity index (χ2n) is 6.91. The van der Waals surface area contributed by atoms with Gasteiger partial charge in [-0.05, 0) is 62.6 Å². The lowest BCUT2D eigenvalue weighted by Crippen LogP contribution is -2.43. The SMILES string of the molecule is CCOc1ccc(S(=O)(=O)N2CCC[C@@H](C(=O)Nc3ccccc3C)C2)cc1. The smallest absolute Gasteiger partial charge is 0.243 e. The standard InChI is InChI=1S/C21H26N2O4S/c1-3-27-18-10-12-19(13-11-18)28(25,26)23-14-6-8-17(15-23)21(24)22-20-9-5-4-7-16(20)2/h4-5,7,9-13,17H,3,6,8,14-15H2,1-2H3,(H,22,24)/t17-/m1/s1. The second kappa shape index (κ2) is 8.75. The van der Waals surface area contributed by atoms with Crippen LogP contribution in [0.4, 0.5) is 5.69 Å². The predicted octanol–water partition coefficient (Wildman–Crippen LogP) is 3.43. The Labute approximate surface area is 166 Å². The maximum absolute atomic E-state index is 13.0. The summed E-state index contributed by atoms with van der Waals surface area (Å²) in [6.07, 6.45) is 1.33. The third-order valence-electron chi connectivity index (χ3n) is 4.93. The fourth-order valence-corrected chi connectivity index (χ4v) is 4.87. The first kappa shape index (κ1) is 20.4. The Morgan fingerprint density at radius 2 is 1.89 bits per heavy atom. The van der Waals surface area contributed by atoms with Crippen LogP contribution in [0.25, 0.3) is 0 Å². The van der Waals surface area contributed by atoms with Crippen LogP contribution >= 0.6 is 0 Å². The van der Waals surface area contributed by atoms with Crippen molar-refractivity contribution in [3.8, 4) is 5.75 Å². The normalized spacial score (nSPS) is 17.9. The van der Waals surface area contributed by atoms with Crippen LogP contribution in [0, 0.1) is 12.8 Å². The van der Waals surface area contributed by atoms with Crippen LogP contribution in [0.2, 0.25) is 0 Å². The zero-order valence-corrected chi connectivity index (χ0v) is 17.0. The van der Waals surface area contributed by atoms with Crippen molar-refractivity contribution in [2.24, 2.45) is 5.92 Å². The molecular weight excluding hydrogens is 376 g/mol. The van der Waals surface area contributed by atoms with Gasteiger partial charge >= 0.3 is 0 Å². The maximum Gasteiger partial charge on any atom is 0.243 e. The lowest BCUT2D eigenvalue weighted by atomic mass is 9.98. The van der Waals surface area contributed by atoms with Gasteiger partial charge in [0.2, 0.25) is 15.9 Å². The molecular formula is C21H26N2O4S. The van der Waals surface area contributed by atoms with Gasteiger partial charge in [-0.2, -0.15) is 4.31 Å². The maximum atomic E-state index is 13.0. The summed E-state index contributed by atoms with van der Waals surface area (Å²) in [5, 5.41) is 2.94. The molecule has 1 aliphatic rings. The molecule has 0 saturated carbocycles. The molecule has 28 heavy (non-hydrogen) atoms. The molecule has 6 nitrogen and oxygen atoms in total. The van der Waals surface area contributed by atoms with E-state index in [-0.39, 0.29) is 23.3 Å². The van der Waals surface area contributed by atoms with E-state index < -0.39 is 10.0 Å². The van der Waals surface area contributed by atoms with E-state index in [2.05, 4.69) is 5.32 Å². The molecule has 0 unspecified atom stereocenters. The van der Waals surface area contributed by atoms with Crippen molar-refractivity contribution in [2.45, 2.75) is 31.6 Å². The van der Waals surface area contributed by atoms with Crippen LogP contribution in [0.1, 0.15) is 25.3 Å². The fraction of sp³-hybridized carbons (Fsp3) is 0.381. The fourth-order valence-electron chi connectivity index (χ4n) is 3.35. The minimum atomic E-state index is -3.64. The molecule has 0 aliphatic carbocycles. The first-order valence-corrected chi connectivity index (χ1v) is 11.0. The zero-order valence-electron chi connectivity index (χ0n) is 16.2. The Balaban J connectivity index is 1.71. The van der Waals surface area contributed by atoms with Gasteiger partial charge in [0.25, 0.3) is 0 Å². The molecule has 7 heteroatoms.